The molecule has 12 atom stereocenters. The summed E-state index contributed by atoms with van der Waals surface area (Å²) in [5.74, 6) is -0.192. The molecule has 10 unspecified atom stereocenters. The van der Waals surface area contributed by atoms with Gasteiger partial charge in [-0.1, -0.05) is 6.92 Å². The molecule has 6 rings (SSSR count). The molecule has 0 aromatic carbocycles. The third-order valence-corrected chi connectivity index (χ3v) is 12.3. The average molecular weight is 551 g/mol. The van der Waals surface area contributed by atoms with E-state index in [1.165, 1.54) is 0 Å². The van der Waals surface area contributed by atoms with Crippen LogP contribution >= 0.6 is 0 Å². The van der Waals surface area contributed by atoms with Gasteiger partial charge in [0, 0.05) is 36.9 Å². The molecule has 6 aliphatic rings. The normalized spacial score (nSPS) is 53.4. The molecule has 0 spiro atoms. The standard InChI is InChI=1S/C30H46O9/c1-17-26(33)23(36-3)13-25(38-17)39-19-4-9-28(16-31)21-5-8-27(2)20(18-12-24(32)37-15-18)7-11-30(27,35)22(21)6-10-29(28,34)14-19/h12,17,19-23,25-26,31,33-35H,4-11,13-16H2,1-3H3/t17?,19?,20?,21-,22+,23?,25?,26?,27?,28?,29?,30?/m0/s1. The van der Waals surface area contributed by atoms with Crippen LogP contribution in [0.1, 0.15) is 78.1 Å². The van der Waals surface area contributed by atoms with Crippen LogP contribution in [0.4, 0.5) is 0 Å². The Morgan fingerprint density at radius 2 is 1.85 bits per heavy atom. The molecule has 1 saturated heterocycles. The molecule has 220 valence electrons. The van der Waals surface area contributed by atoms with Crippen molar-refractivity contribution in [3.05, 3.63) is 11.6 Å². The van der Waals surface area contributed by atoms with E-state index in [0.29, 0.717) is 51.6 Å². The van der Waals surface area contributed by atoms with Crippen LogP contribution in [-0.2, 0) is 23.7 Å². The third-order valence-electron chi connectivity index (χ3n) is 12.3. The maximum Gasteiger partial charge on any atom is 0.331 e. The Bertz CT molecular complexity index is 1000. The fourth-order valence-electron chi connectivity index (χ4n) is 10.2. The average Bonchev–Trinajstić information content (AvgIpc) is 3.45. The zero-order valence-corrected chi connectivity index (χ0v) is 23.5. The molecule has 0 aromatic heterocycles. The molecule has 39 heavy (non-hydrogen) atoms. The molecule has 0 amide bonds. The number of hydrogen-bond acceptors (Lipinski definition) is 9. The fourth-order valence-corrected chi connectivity index (χ4v) is 10.2. The van der Waals surface area contributed by atoms with Gasteiger partial charge in [0.2, 0.25) is 0 Å². The van der Waals surface area contributed by atoms with Gasteiger partial charge in [0.1, 0.15) is 12.7 Å². The number of hydrogen-bond donors (Lipinski definition) is 4. The molecule has 9 heteroatoms. The van der Waals surface area contributed by atoms with Gasteiger partial charge in [0.15, 0.2) is 6.29 Å². The van der Waals surface area contributed by atoms with Gasteiger partial charge in [-0.05, 0) is 81.6 Å². The van der Waals surface area contributed by atoms with E-state index >= 15 is 0 Å². The number of rotatable bonds is 5. The first-order chi connectivity index (χ1) is 18.5. The lowest BCUT2D eigenvalue weighted by molar-refractivity contribution is -0.298. The lowest BCUT2D eigenvalue weighted by Gasteiger charge is -2.66. The molecule has 0 aromatic rings. The lowest BCUT2D eigenvalue weighted by atomic mass is 9.41. The van der Waals surface area contributed by atoms with Gasteiger partial charge < -0.3 is 39.4 Å². The predicted molar refractivity (Wildman–Crippen MR) is 139 cm³/mol. The molecule has 0 bridgehead atoms. The zero-order chi connectivity index (χ0) is 27.8. The van der Waals surface area contributed by atoms with Crippen LogP contribution < -0.4 is 0 Å². The Labute approximate surface area is 230 Å². The van der Waals surface area contributed by atoms with Crippen LogP contribution in [-0.4, -0.2) is 88.6 Å². The second kappa shape index (κ2) is 9.75. The van der Waals surface area contributed by atoms with Crippen molar-refractivity contribution in [2.45, 2.75) is 120 Å². The van der Waals surface area contributed by atoms with Crippen LogP contribution in [0, 0.1) is 28.6 Å². The molecule has 4 saturated carbocycles. The largest absolute Gasteiger partial charge is 0.458 e. The number of aliphatic hydroxyl groups excluding tert-OH is 2. The summed E-state index contributed by atoms with van der Waals surface area (Å²) in [6, 6.07) is 0. The highest BCUT2D eigenvalue weighted by molar-refractivity contribution is 5.85. The SMILES string of the molecule is COC1CC(OC2CCC3(CO)[C@H]4CCC5(C)C(C6=CC(=O)OC6)CCC5(O)[C@@H]4CCC3(O)C2)OC(C)C1O. The summed E-state index contributed by atoms with van der Waals surface area (Å²) in [7, 11) is 1.58. The van der Waals surface area contributed by atoms with E-state index in [9.17, 15) is 25.2 Å². The summed E-state index contributed by atoms with van der Waals surface area (Å²) in [6.07, 6.45) is 5.82. The zero-order valence-electron chi connectivity index (χ0n) is 23.5. The minimum Gasteiger partial charge on any atom is -0.458 e. The molecule has 2 aliphatic heterocycles. The number of carbonyl (C=O) groups excluding carboxylic acids is 1. The van der Waals surface area contributed by atoms with E-state index in [-0.39, 0.29) is 48.0 Å². The predicted octanol–water partition coefficient (Wildman–Crippen LogP) is 2.23. The van der Waals surface area contributed by atoms with Crippen molar-refractivity contribution in [1.82, 2.24) is 0 Å². The summed E-state index contributed by atoms with van der Waals surface area (Å²) >= 11 is 0. The summed E-state index contributed by atoms with van der Waals surface area (Å²) < 4.78 is 23.0. The number of fused-ring (bicyclic) bond motifs is 5. The Morgan fingerprint density at radius 1 is 1.08 bits per heavy atom. The van der Waals surface area contributed by atoms with E-state index < -0.39 is 35.1 Å². The van der Waals surface area contributed by atoms with Crippen LogP contribution in [0.3, 0.4) is 0 Å². The van der Waals surface area contributed by atoms with Gasteiger partial charge in [-0.2, -0.15) is 0 Å². The van der Waals surface area contributed by atoms with Crippen molar-refractivity contribution in [2.24, 2.45) is 28.6 Å². The van der Waals surface area contributed by atoms with Crippen LogP contribution in [0.15, 0.2) is 11.6 Å². The Hall–Kier alpha value is -1.07. The highest BCUT2D eigenvalue weighted by atomic mass is 16.7. The number of aliphatic hydroxyl groups is 4. The van der Waals surface area contributed by atoms with Crippen molar-refractivity contribution in [3.63, 3.8) is 0 Å². The number of cyclic esters (lactones) is 1. The summed E-state index contributed by atoms with van der Waals surface area (Å²) in [6.45, 7) is 4.19. The third kappa shape index (κ3) is 4.02. The van der Waals surface area contributed by atoms with Gasteiger partial charge >= 0.3 is 5.97 Å². The smallest absolute Gasteiger partial charge is 0.331 e. The number of esters is 1. The van der Waals surface area contributed by atoms with Crippen molar-refractivity contribution in [3.8, 4) is 0 Å². The molecule has 9 nitrogen and oxygen atoms in total. The second-order valence-electron chi connectivity index (χ2n) is 13.7. The highest BCUT2D eigenvalue weighted by Crippen LogP contribution is 2.70. The van der Waals surface area contributed by atoms with Crippen LogP contribution in [0.25, 0.3) is 0 Å². The van der Waals surface area contributed by atoms with Crippen molar-refractivity contribution in [2.75, 3.05) is 20.3 Å². The molecule has 4 N–H and O–H groups in total. The lowest BCUT2D eigenvalue weighted by Crippen LogP contribution is -2.69. The topological polar surface area (TPSA) is 135 Å². The summed E-state index contributed by atoms with van der Waals surface area (Å²) in [5, 5.41) is 45.9. The van der Waals surface area contributed by atoms with Crippen LogP contribution in [0.2, 0.25) is 0 Å². The van der Waals surface area contributed by atoms with Gasteiger partial charge in [0.25, 0.3) is 0 Å². The molecular formula is C30H46O9. The quantitative estimate of drug-likeness (QED) is 0.300. The maximum atomic E-state index is 12.4. The number of ether oxygens (including phenoxy) is 4. The van der Waals surface area contributed by atoms with E-state index in [0.717, 1.165) is 24.8 Å². The minimum atomic E-state index is -1.09. The van der Waals surface area contributed by atoms with E-state index in [1.54, 1.807) is 13.2 Å². The first kappa shape index (κ1) is 28.1. The Morgan fingerprint density at radius 3 is 2.54 bits per heavy atom. The van der Waals surface area contributed by atoms with Gasteiger partial charge in [0.05, 0.1) is 36.1 Å². The molecule has 2 heterocycles. The van der Waals surface area contributed by atoms with Gasteiger partial charge in [-0.3, -0.25) is 0 Å². The van der Waals surface area contributed by atoms with Crippen molar-refractivity contribution < 1.29 is 44.2 Å². The van der Waals surface area contributed by atoms with E-state index in [2.05, 4.69) is 6.92 Å². The molecule has 5 fully saturated rings. The minimum absolute atomic E-state index is 0.00781. The summed E-state index contributed by atoms with van der Waals surface area (Å²) in [5.41, 5.74) is -2.06. The Kier molecular flexibility index (Phi) is 7.02. The maximum absolute atomic E-state index is 12.4. The second-order valence-corrected chi connectivity index (χ2v) is 13.7. The van der Waals surface area contributed by atoms with Crippen molar-refractivity contribution in [1.29, 1.82) is 0 Å². The molecule has 4 aliphatic carbocycles. The first-order valence-electron chi connectivity index (χ1n) is 14.9. The highest BCUT2D eigenvalue weighted by Gasteiger charge is 2.71. The number of carbonyl (C=O) groups is 1. The van der Waals surface area contributed by atoms with Crippen LogP contribution in [0.5, 0.6) is 0 Å². The van der Waals surface area contributed by atoms with Crippen molar-refractivity contribution >= 4 is 5.97 Å². The fraction of sp³-hybridized carbons (Fsp3) is 0.900. The van der Waals surface area contributed by atoms with Gasteiger partial charge in [-0.15, -0.1) is 0 Å². The molecule has 0 radical (unpaired) electrons. The van der Waals surface area contributed by atoms with Gasteiger partial charge in [-0.25, -0.2) is 4.79 Å². The van der Waals surface area contributed by atoms with E-state index in [1.807, 2.05) is 6.92 Å². The summed E-state index contributed by atoms with van der Waals surface area (Å²) in [4.78, 5) is 11.8. The number of methoxy groups -OCH3 is 1. The first-order valence-corrected chi connectivity index (χ1v) is 14.9. The Balaban J connectivity index is 1.20. The monoisotopic (exact) mass is 550 g/mol. The molecular weight excluding hydrogens is 504 g/mol. The van der Waals surface area contributed by atoms with E-state index in [4.69, 9.17) is 18.9 Å².